The first-order valence-electron chi connectivity index (χ1n) is 7.93. The summed E-state index contributed by atoms with van der Waals surface area (Å²) < 4.78 is 10.9. The van der Waals surface area contributed by atoms with Crippen LogP contribution in [0, 0.1) is 0 Å². The van der Waals surface area contributed by atoms with Gasteiger partial charge in [-0.05, 0) is 39.8 Å². The van der Waals surface area contributed by atoms with E-state index in [1.807, 2.05) is 13.8 Å². The van der Waals surface area contributed by atoms with Crippen molar-refractivity contribution in [3.8, 4) is 0 Å². The Bertz CT molecular complexity index is 158. The lowest BCUT2D eigenvalue weighted by atomic mass is 10.1. The van der Waals surface area contributed by atoms with Gasteiger partial charge in [0.15, 0.2) is 0 Å². The van der Waals surface area contributed by atoms with Gasteiger partial charge in [0.25, 0.3) is 0 Å². The van der Waals surface area contributed by atoms with E-state index in [-0.39, 0.29) is 0 Å². The SMILES string of the molecule is CCOCCN(CCCCCCCN)CCOCC. The lowest BCUT2D eigenvalue weighted by Crippen LogP contribution is -2.32. The van der Waals surface area contributed by atoms with Gasteiger partial charge in [0, 0.05) is 26.3 Å². The zero-order valence-corrected chi connectivity index (χ0v) is 13.0. The lowest BCUT2D eigenvalue weighted by molar-refractivity contribution is 0.0820. The number of nitrogens with zero attached hydrogens (tertiary/aromatic N) is 1. The Labute approximate surface area is 119 Å². The molecule has 4 nitrogen and oxygen atoms in total. The van der Waals surface area contributed by atoms with Gasteiger partial charge in [0.1, 0.15) is 0 Å². The van der Waals surface area contributed by atoms with Crippen LogP contribution in [0.15, 0.2) is 0 Å². The summed E-state index contributed by atoms with van der Waals surface area (Å²) in [7, 11) is 0. The topological polar surface area (TPSA) is 47.7 Å². The summed E-state index contributed by atoms with van der Waals surface area (Å²) in [5.74, 6) is 0. The number of unbranched alkanes of at least 4 members (excludes halogenated alkanes) is 4. The molecule has 0 unspecified atom stereocenters. The number of rotatable bonds is 15. The predicted molar refractivity (Wildman–Crippen MR) is 81.6 cm³/mol. The van der Waals surface area contributed by atoms with Gasteiger partial charge in [-0.2, -0.15) is 0 Å². The van der Waals surface area contributed by atoms with E-state index in [0.717, 1.165) is 52.6 Å². The third-order valence-electron chi connectivity index (χ3n) is 3.19. The molecule has 0 saturated carbocycles. The summed E-state index contributed by atoms with van der Waals surface area (Å²) >= 11 is 0. The van der Waals surface area contributed by atoms with Crippen LogP contribution in [-0.2, 0) is 9.47 Å². The van der Waals surface area contributed by atoms with Crippen molar-refractivity contribution in [3.63, 3.8) is 0 Å². The summed E-state index contributed by atoms with van der Waals surface area (Å²) in [5, 5.41) is 0. The van der Waals surface area contributed by atoms with E-state index < -0.39 is 0 Å². The molecule has 0 radical (unpaired) electrons. The monoisotopic (exact) mass is 274 g/mol. The van der Waals surface area contributed by atoms with Crippen molar-refractivity contribution in [1.82, 2.24) is 4.90 Å². The van der Waals surface area contributed by atoms with Crippen molar-refractivity contribution in [1.29, 1.82) is 0 Å². The Morgan fingerprint density at radius 1 is 0.737 bits per heavy atom. The maximum atomic E-state index is 5.49. The first-order chi connectivity index (χ1) is 9.35. The van der Waals surface area contributed by atoms with Gasteiger partial charge in [-0.3, -0.25) is 4.90 Å². The third-order valence-corrected chi connectivity index (χ3v) is 3.19. The molecule has 0 aromatic heterocycles. The van der Waals surface area contributed by atoms with E-state index in [1.54, 1.807) is 0 Å². The summed E-state index contributed by atoms with van der Waals surface area (Å²) in [6.45, 7) is 11.4. The Balaban J connectivity index is 3.58. The fourth-order valence-electron chi connectivity index (χ4n) is 2.02. The summed E-state index contributed by atoms with van der Waals surface area (Å²) in [6, 6.07) is 0. The highest BCUT2D eigenvalue weighted by molar-refractivity contribution is 4.58. The third kappa shape index (κ3) is 14.1. The second-order valence-electron chi connectivity index (χ2n) is 4.79. The second kappa shape index (κ2) is 15.9. The lowest BCUT2D eigenvalue weighted by Gasteiger charge is -2.22. The average molecular weight is 274 g/mol. The van der Waals surface area contributed by atoms with Crippen LogP contribution in [0.25, 0.3) is 0 Å². The van der Waals surface area contributed by atoms with Crippen molar-refractivity contribution in [2.75, 3.05) is 52.6 Å². The molecule has 0 atom stereocenters. The van der Waals surface area contributed by atoms with Gasteiger partial charge in [0.2, 0.25) is 0 Å². The summed E-state index contributed by atoms with van der Waals surface area (Å²) in [4.78, 5) is 2.45. The predicted octanol–water partition coefficient (Wildman–Crippen LogP) is 2.27. The molecule has 0 amide bonds. The van der Waals surface area contributed by atoms with Gasteiger partial charge >= 0.3 is 0 Å². The highest BCUT2D eigenvalue weighted by Gasteiger charge is 2.04. The van der Waals surface area contributed by atoms with Crippen molar-refractivity contribution in [2.24, 2.45) is 5.73 Å². The van der Waals surface area contributed by atoms with E-state index in [2.05, 4.69) is 4.90 Å². The molecular weight excluding hydrogens is 240 g/mol. The maximum absolute atomic E-state index is 5.49. The summed E-state index contributed by atoms with van der Waals surface area (Å²) in [5.41, 5.74) is 5.49. The van der Waals surface area contributed by atoms with Gasteiger partial charge in [-0.1, -0.05) is 19.3 Å². The molecule has 116 valence electrons. The minimum Gasteiger partial charge on any atom is -0.380 e. The molecule has 4 heteroatoms. The highest BCUT2D eigenvalue weighted by Crippen LogP contribution is 2.04. The van der Waals surface area contributed by atoms with E-state index >= 15 is 0 Å². The molecule has 0 aromatic carbocycles. The second-order valence-corrected chi connectivity index (χ2v) is 4.79. The van der Waals surface area contributed by atoms with Crippen LogP contribution >= 0.6 is 0 Å². The summed E-state index contributed by atoms with van der Waals surface area (Å²) in [6.07, 6.45) is 6.32. The zero-order chi connectivity index (χ0) is 14.2. The van der Waals surface area contributed by atoms with Crippen LogP contribution in [-0.4, -0.2) is 57.5 Å². The number of hydrogen-bond acceptors (Lipinski definition) is 4. The van der Waals surface area contributed by atoms with E-state index in [0.29, 0.717) is 0 Å². The average Bonchev–Trinajstić information content (AvgIpc) is 2.42. The van der Waals surface area contributed by atoms with Crippen LogP contribution in [0.5, 0.6) is 0 Å². The fourth-order valence-corrected chi connectivity index (χ4v) is 2.02. The molecule has 2 N–H and O–H groups in total. The van der Waals surface area contributed by atoms with E-state index in [1.165, 1.54) is 32.1 Å². The molecule has 0 fully saturated rings. The zero-order valence-electron chi connectivity index (χ0n) is 13.0. The highest BCUT2D eigenvalue weighted by atomic mass is 16.5. The molecule has 0 aliphatic heterocycles. The number of hydrogen-bond donors (Lipinski definition) is 1. The molecule has 0 aliphatic carbocycles. The Hall–Kier alpha value is -0.160. The molecule has 0 heterocycles. The molecular formula is C15H34N2O2. The molecule has 0 aliphatic rings. The van der Waals surface area contributed by atoms with E-state index in [9.17, 15) is 0 Å². The van der Waals surface area contributed by atoms with E-state index in [4.69, 9.17) is 15.2 Å². The van der Waals surface area contributed by atoms with Crippen molar-refractivity contribution in [2.45, 2.75) is 46.0 Å². The largest absolute Gasteiger partial charge is 0.380 e. The first kappa shape index (κ1) is 18.8. The van der Waals surface area contributed by atoms with Crippen LogP contribution < -0.4 is 5.73 Å². The van der Waals surface area contributed by atoms with Crippen molar-refractivity contribution in [3.05, 3.63) is 0 Å². The van der Waals surface area contributed by atoms with Crippen LogP contribution in [0.1, 0.15) is 46.0 Å². The quantitative estimate of drug-likeness (QED) is 0.465. The van der Waals surface area contributed by atoms with Gasteiger partial charge < -0.3 is 15.2 Å². The van der Waals surface area contributed by atoms with Gasteiger partial charge in [-0.15, -0.1) is 0 Å². The van der Waals surface area contributed by atoms with Crippen LogP contribution in [0.2, 0.25) is 0 Å². The Kier molecular flexibility index (Phi) is 15.8. The Morgan fingerprint density at radius 3 is 1.79 bits per heavy atom. The number of nitrogens with two attached hydrogens (primary N) is 1. The molecule has 0 saturated heterocycles. The van der Waals surface area contributed by atoms with Crippen LogP contribution in [0.3, 0.4) is 0 Å². The minimum atomic E-state index is 0.804. The van der Waals surface area contributed by atoms with Gasteiger partial charge in [-0.25, -0.2) is 0 Å². The molecule has 19 heavy (non-hydrogen) atoms. The fraction of sp³-hybridized carbons (Fsp3) is 1.00. The normalized spacial score (nSPS) is 11.4. The van der Waals surface area contributed by atoms with Gasteiger partial charge in [0.05, 0.1) is 13.2 Å². The van der Waals surface area contributed by atoms with Crippen molar-refractivity contribution >= 4 is 0 Å². The first-order valence-corrected chi connectivity index (χ1v) is 7.93. The smallest absolute Gasteiger partial charge is 0.0593 e. The molecule has 0 aromatic rings. The molecule has 0 spiro atoms. The minimum absolute atomic E-state index is 0.804. The standard InChI is InChI=1S/C15H34N2O2/c1-3-18-14-12-17(13-15-19-4-2)11-9-7-5-6-8-10-16/h3-16H2,1-2H3. The Morgan fingerprint density at radius 2 is 1.26 bits per heavy atom. The van der Waals surface area contributed by atoms with Crippen molar-refractivity contribution < 1.29 is 9.47 Å². The molecule has 0 bridgehead atoms. The number of ether oxygens (including phenoxy) is 2. The van der Waals surface area contributed by atoms with Crippen LogP contribution in [0.4, 0.5) is 0 Å². The maximum Gasteiger partial charge on any atom is 0.0593 e. The molecule has 0 rings (SSSR count).